The molecule has 0 saturated heterocycles. The summed E-state index contributed by atoms with van der Waals surface area (Å²) in [5.41, 5.74) is 0.969. The van der Waals surface area contributed by atoms with Crippen molar-refractivity contribution in [1.82, 2.24) is 5.32 Å². The summed E-state index contributed by atoms with van der Waals surface area (Å²) in [5.74, 6) is 0.378. The maximum absolute atomic E-state index is 12.1. The Balaban J connectivity index is 2.70. The maximum Gasteiger partial charge on any atom is 0.387 e. The zero-order valence-electron chi connectivity index (χ0n) is 10.0. The monoisotopic (exact) mass is 245 g/mol. The van der Waals surface area contributed by atoms with E-state index in [0.717, 1.165) is 18.5 Å². The van der Waals surface area contributed by atoms with Crippen LogP contribution in [0.3, 0.4) is 0 Å². The summed E-state index contributed by atoms with van der Waals surface area (Å²) >= 11 is 0. The predicted molar refractivity (Wildman–Crippen MR) is 61.6 cm³/mol. The molecule has 0 atom stereocenters. The lowest BCUT2D eigenvalue weighted by Crippen LogP contribution is -2.14. The van der Waals surface area contributed by atoms with E-state index in [1.807, 2.05) is 0 Å². The first-order chi connectivity index (χ1) is 8.17. The summed E-state index contributed by atoms with van der Waals surface area (Å²) in [6.07, 6.45) is 1.05. The number of rotatable bonds is 7. The van der Waals surface area contributed by atoms with Crippen molar-refractivity contribution >= 4 is 0 Å². The van der Waals surface area contributed by atoms with E-state index in [-0.39, 0.29) is 5.75 Å². The molecule has 0 radical (unpaired) electrons. The van der Waals surface area contributed by atoms with Crippen LogP contribution in [0.1, 0.15) is 18.9 Å². The second-order valence-corrected chi connectivity index (χ2v) is 3.54. The fourth-order valence-corrected chi connectivity index (χ4v) is 1.42. The fourth-order valence-electron chi connectivity index (χ4n) is 1.42. The summed E-state index contributed by atoms with van der Waals surface area (Å²) in [5, 5.41) is 3.22. The Kier molecular flexibility index (Phi) is 5.69. The van der Waals surface area contributed by atoms with Crippen molar-refractivity contribution in [1.29, 1.82) is 0 Å². The number of halogens is 2. The van der Waals surface area contributed by atoms with Crippen molar-refractivity contribution < 1.29 is 18.3 Å². The van der Waals surface area contributed by atoms with Gasteiger partial charge < -0.3 is 14.8 Å². The molecule has 3 nitrogen and oxygen atoms in total. The zero-order valence-corrected chi connectivity index (χ0v) is 10.0. The Morgan fingerprint density at radius 2 is 2.06 bits per heavy atom. The first kappa shape index (κ1) is 13.7. The molecule has 0 saturated carbocycles. The smallest absolute Gasteiger partial charge is 0.387 e. The minimum Gasteiger partial charge on any atom is -0.493 e. The van der Waals surface area contributed by atoms with Gasteiger partial charge >= 0.3 is 6.61 Å². The average molecular weight is 245 g/mol. The lowest BCUT2D eigenvalue weighted by atomic mass is 10.2. The van der Waals surface area contributed by atoms with Gasteiger partial charge in [-0.1, -0.05) is 13.0 Å². The van der Waals surface area contributed by atoms with Gasteiger partial charge in [0.2, 0.25) is 0 Å². The third-order valence-corrected chi connectivity index (χ3v) is 2.20. The highest BCUT2D eigenvalue weighted by molar-refractivity contribution is 5.42. The van der Waals surface area contributed by atoms with Crippen LogP contribution in [-0.2, 0) is 6.54 Å². The van der Waals surface area contributed by atoms with Crippen LogP contribution < -0.4 is 14.8 Å². The standard InChI is InChI=1S/C12H17F2NO2/c1-3-6-15-8-9-4-5-10(17-12(13)14)11(7-9)16-2/h4-5,7,12,15H,3,6,8H2,1-2H3. The lowest BCUT2D eigenvalue weighted by Gasteiger charge is -2.11. The highest BCUT2D eigenvalue weighted by atomic mass is 19.3. The van der Waals surface area contributed by atoms with Gasteiger partial charge in [0.05, 0.1) is 7.11 Å². The molecule has 5 heteroatoms. The van der Waals surface area contributed by atoms with Crippen molar-refractivity contribution in [2.75, 3.05) is 13.7 Å². The van der Waals surface area contributed by atoms with Gasteiger partial charge in [0, 0.05) is 6.54 Å². The number of nitrogens with one attached hydrogen (secondary N) is 1. The van der Waals surface area contributed by atoms with Gasteiger partial charge in [-0.25, -0.2) is 0 Å². The van der Waals surface area contributed by atoms with E-state index in [1.165, 1.54) is 13.2 Å². The van der Waals surface area contributed by atoms with Crippen LogP contribution in [0.4, 0.5) is 8.78 Å². The van der Waals surface area contributed by atoms with Gasteiger partial charge in [0.15, 0.2) is 11.5 Å². The fraction of sp³-hybridized carbons (Fsp3) is 0.500. The minimum absolute atomic E-state index is 0.0572. The quantitative estimate of drug-likeness (QED) is 0.749. The van der Waals surface area contributed by atoms with Gasteiger partial charge in [0.25, 0.3) is 0 Å². The van der Waals surface area contributed by atoms with Gasteiger partial charge in [0.1, 0.15) is 0 Å². The first-order valence-electron chi connectivity index (χ1n) is 5.49. The lowest BCUT2D eigenvalue weighted by molar-refractivity contribution is -0.0512. The normalized spacial score (nSPS) is 10.6. The highest BCUT2D eigenvalue weighted by Crippen LogP contribution is 2.29. The summed E-state index contributed by atoms with van der Waals surface area (Å²) in [6, 6.07) is 4.93. The Labute approximate surface area is 99.7 Å². The third kappa shape index (κ3) is 4.56. The SMILES string of the molecule is CCCNCc1ccc(OC(F)F)c(OC)c1. The minimum atomic E-state index is -2.84. The molecular formula is C12H17F2NO2. The summed E-state index contributed by atoms with van der Waals surface area (Å²) in [6.45, 7) is 0.831. The van der Waals surface area contributed by atoms with Gasteiger partial charge in [-0.05, 0) is 30.7 Å². The summed E-state index contributed by atoms with van der Waals surface area (Å²) in [4.78, 5) is 0. The molecule has 0 aliphatic heterocycles. The highest BCUT2D eigenvalue weighted by Gasteiger charge is 2.10. The van der Waals surface area contributed by atoms with Crippen LogP contribution in [0.15, 0.2) is 18.2 Å². The van der Waals surface area contributed by atoms with Crippen molar-refractivity contribution in [3.63, 3.8) is 0 Å². The van der Waals surface area contributed by atoms with Crippen molar-refractivity contribution in [3.8, 4) is 11.5 Å². The molecule has 1 aromatic carbocycles. The second-order valence-electron chi connectivity index (χ2n) is 3.54. The van der Waals surface area contributed by atoms with E-state index in [0.29, 0.717) is 12.3 Å². The van der Waals surface area contributed by atoms with Crippen LogP contribution in [0.25, 0.3) is 0 Å². The molecule has 96 valence electrons. The van der Waals surface area contributed by atoms with Crippen LogP contribution in [-0.4, -0.2) is 20.3 Å². The third-order valence-electron chi connectivity index (χ3n) is 2.20. The molecule has 1 N–H and O–H groups in total. The van der Waals surface area contributed by atoms with E-state index >= 15 is 0 Å². The van der Waals surface area contributed by atoms with Crippen molar-refractivity contribution in [2.45, 2.75) is 26.5 Å². The van der Waals surface area contributed by atoms with E-state index in [4.69, 9.17) is 4.74 Å². The van der Waals surface area contributed by atoms with Crippen LogP contribution in [0.5, 0.6) is 11.5 Å². The molecule has 0 heterocycles. The van der Waals surface area contributed by atoms with Gasteiger partial charge in [-0.3, -0.25) is 0 Å². The average Bonchev–Trinajstić information content (AvgIpc) is 2.30. The molecule has 0 unspecified atom stereocenters. The van der Waals surface area contributed by atoms with E-state index in [2.05, 4.69) is 17.0 Å². The van der Waals surface area contributed by atoms with E-state index in [1.54, 1.807) is 12.1 Å². The van der Waals surface area contributed by atoms with E-state index < -0.39 is 6.61 Å². The number of benzene rings is 1. The summed E-state index contributed by atoms with van der Waals surface area (Å²) < 4.78 is 33.5. The van der Waals surface area contributed by atoms with Crippen LogP contribution in [0, 0.1) is 0 Å². The number of methoxy groups -OCH3 is 1. The molecule has 0 aliphatic rings. The molecule has 0 aliphatic carbocycles. The predicted octanol–water partition coefficient (Wildman–Crippen LogP) is 2.80. The maximum atomic E-state index is 12.1. The molecule has 0 bridgehead atoms. The molecular weight excluding hydrogens is 228 g/mol. The topological polar surface area (TPSA) is 30.5 Å². The molecule has 0 fully saturated rings. The molecule has 0 aromatic heterocycles. The van der Waals surface area contributed by atoms with Crippen molar-refractivity contribution in [2.24, 2.45) is 0 Å². The molecule has 1 rings (SSSR count). The molecule has 0 amide bonds. The number of ether oxygens (including phenoxy) is 2. The first-order valence-corrected chi connectivity index (χ1v) is 5.49. The van der Waals surface area contributed by atoms with Gasteiger partial charge in [-0.15, -0.1) is 0 Å². The van der Waals surface area contributed by atoms with Gasteiger partial charge in [-0.2, -0.15) is 8.78 Å². The largest absolute Gasteiger partial charge is 0.493 e. The number of hydrogen-bond acceptors (Lipinski definition) is 3. The number of hydrogen-bond donors (Lipinski definition) is 1. The molecule has 17 heavy (non-hydrogen) atoms. The summed E-state index contributed by atoms with van der Waals surface area (Å²) in [7, 11) is 1.43. The van der Waals surface area contributed by atoms with E-state index in [9.17, 15) is 8.78 Å². The number of alkyl halides is 2. The van der Waals surface area contributed by atoms with Crippen LogP contribution >= 0.6 is 0 Å². The Morgan fingerprint density at radius 1 is 1.29 bits per heavy atom. The van der Waals surface area contributed by atoms with Crippen LogP contribution in [0.2, 0.25) is 0 Å². The molecule has 1 aromatic rings. The molecule has 0 spiro atoms. The Hall–Kier alpha value is -1.36. The van der Waals surface area contributed by atoms with Crippen molar-refractivity contribution in [3.05, 3.63) is 23.8 Å². The Bertz CT molecular complexity index is 345. The Morgan fingerprint density at radius 3 is 2.65 bits per heavy atom. The zero-order chi connectivity index (χ0) is 12.7. The second kappa shape index (κ2) is 7.06.